The van der Waals surface area contributed by atoms with Crippen LogP contribution in [0.1, 0.15) is 40.5 Å². The van der Waals surface area contributed by atoms with E-state index in [-0.39, 0.29) is 44.4 Å². The van der Waals surface area contributed by atoms with Crippen LogP contribution in [0.4, 0.5) is 0 Å². The number of methoxy groups -OCH3 is 1. The molecule has 14 nitrogen and oxygen atoms in total. The molecule has 0 aromatic carbocycles. The number of fused-ring (bicyclic) bond motifs is 1. The second-order valence-electron chi connectivity index (χ2n) is 9.05. The first-order chi connectivity index (χ1) is 17.6. The number of aliphatic hydroxyl groups is 7. The highest BCUT2D eigenvalue weighted by molar-refractivity contribution is 7.44. The minimum absolute atomic E-state index is 0.0685. The van der Waals surface area contributed by atoms with Gasteiger partial charge in [0.25, 0.3) is 11.7 Å². The SMILES string of the molecule is CCO.CCO.CO[C@@H]1O[C@H](CC(O)[P+](C)=O)[C@H]2OC(C)(C)O[C@@H]12.C[P+](=O)C(O)C[C@H]1O[C@@H](O)[C@H](O)[C@@H]1O. The summed E-state index contributed by atoms with van der Waals surface area (Å²) in [7, 11) is -1.89. The van der Waals surface area contributed by atoms with Crippen LogP contribution in [0.3, 0.4) is 0 Å². The van der Waals surface area contributed by atoms with Crippen LogP contribution in [0.15, 0.2) is 0 Å². The Morgan fingerprint density at radius 1 is 0.816 bits per heavy atom. The fourth-order valence-electron chi connectivity index (χ4n) is 3.66. The van der Waals surface area contributed by atoms with Crippen molar-refractivity contribution in [1.29, 1.82) is 0 Å². The van der Waals surface area contributed by atoms with Crippen molar-refractivity contribution in [1.82, 2.24) is 0 Å². The van der Waals surface area contributed by atoms with Crippen LogP contribution in [0.25, 0.3) is 0 Å². The molecular weight excluding hydrogens is 550 g/mol. The van der Waals surface area contributed by atoms with E-state index in [1.807, 2.05) is 13.8 Å². The summed E-state index contributed by atoms with van der Waals surface area (Å²) in [5.74, 6) is -2.68. The van der Waals surface area contributed by atoms with E-state index in [9.17, 15) is 24.4 Å². The lowest BCUT2D eigenvalue weighted by molar-refractivity contribution is -0.228. The van der Waals surface area contributed by atoms with E-state index in [0.29, 0.717) is 0 Å². The Bertz CT molecular complexity index is 697. The average Bonchev–Trinajstić information content (AvgIpc) is 3.39. The minimum atomic E-state index is -1.77. The van der Waals surface area contributed by atoms with Gasteiger partial charge in [-0.2, -0.15) is 0 Å². The van der Waals surface area contributed by atoms with Gasteiger partial charge in [-0.3, -0.25) is 0 Å². The van der Waals surface area contributed by atoms with Crippen molar-refractivity contribution in [2.24, 2.45) is 0 Å². The van der Waals surface area contributed by atoms with E-state index in [4.69, 9.17) is 44.1 Å². The standard InChI is InChI=1S/C11H20O6P.C7H14O6P.2C2H6O/c1-11(2)16-8-6(5-7(12)18(4)13)15-10(14-3)9(8)17-11;1-14(12)4(8)2-3-5(9)6(10)7(11)13-3;2*1-2-3/h6-10,12H,5H2,1-4H3;3-11H,2H2,1H3;2*3H,2H2,1H3/q2*+1;;/t6-,7?,8-,9-,10-;3-,4?,5-,6-,7-;;/m11../s1. The maximum absolute atomic E-state index is 11.2. The van der Waals surface area contributed by atoms with Gasteiger partial charge in [-0.25, -0.2) is 0 Å². The highest BCUT2D eigenvalue weighted by Gasteiger charge is 2.56. The zero-order valence-electron chi connectivity index (χ0n) is 23.0. The van der Waals surface area contributed by atoms with Gasteiger partial charge in [0.1, 0.15) is 37.7 Å². The Morgan fingerprint density at radius 3 is 1.61 bits per heavy atom. The molecule has 0 bridgehead atoms. The molecular formula is C22H46O14P2+2. The number of aliphatic hydroxyl groups excluding tert-OH is 7. The van der Waals surface area contributed by atoms with Crippen LogP contribution in [0, 0.1) is 0 Å². The lowest BCUT2D eigenvalue weighted by atomic mass is 10.1. The lowest BCUT2D eigenvalue weighted by Crippen LogP contribution is -2.33. The maximum Gasteiger partial charge on any atom is 0.366 e. The van der Waals surface area contributed by atoms with E-state index in [1.165, 1.54) is 20.4 Å². The van der Waals surface area contributed by atoms with Crippen molar-refractivity contribution in [2.75, 3.05) is 33.7 Å². The third-order valence-electron chi connectivity index (χ3n) is 5.40. The molecule has 3 aliphatic rings. The predicted molar refractivity (Wildman–Crippen MR) is 136 cm³/mol. The highest BCUT2D eigenvalue weighted by Crippen LogP contribution is 2.41. The maximum atomic E-state index is 11.2. The van der Waals surface area contributed by atoms with Gasteiger partial charge in [-0.15, -0.1) is 0 Å². The van der Waals surface area contributed by atoms with Crippen molar-refractivity contribution >= 4 is 15.6 Å². The Morgan fingerprint density at radius 2 is 1.24 bits per heavy atom. The van der Waals surface area contributed by atoms with Crippen molar-refractivity contribution < 1.29 is 68.6 Å². The molecule has 226 valence electrons. The van der Waals surface area contributed by atoms with Crippen molar-refractivity contribution in [3.8, 4) is 0 Å². The van der Waals surface area contributed by atoms with Crippen molar-refractivity contribution in [3.63, 3.8) is 0 Å². The summed E-state index contributed by atoms with van der Waals surface area (Å²) in [6.45, 7) is 10.4. The molecule has 0 aromatic heterocycles. The van der Waals surface area contributed by atoms with Crippen molar-refractivity contribution in [3.05, 3.63) is 0 Å². The Hall–Kier alpha value is -0.280. The third kappa shape index (κ3) is 12.1. The van der Waals surface area contributed by atoms with E-state index >= 15 is 0 Å². The molecule has 0 spiro atoms. The molecule has 0 aliphatic carbocycles. The first-order valence-corrected chi connectivity index (χ1v) is 15.8. The van der Waals surface area contributed by atoms with Gasteiger partial charge < -0.3 is 59.4 Å². The van der Waals surface area contributed by atoms with Crippen LogP contribution in [-0.4, -0.2) is 136 Å². The molecule has 7 N–H and O–H groups in total. The minimum Gasteiger partial charge on any atom is -0.397 e. The monoisotopic (exact) mass is 596 g/mol. The summed E-state index contributed by atoms with van der Waals surface area (Å²) >= 11 is 0. The number of hydrogen-bond donors (Lipinski definition) is 7. The van der Waals surface area contributed by atoms with Crippen LogP contribution in [0.5, 0.6) is 0 Å². The molecule has 0 saturated carbocycles. The fourth-order valence-corrected chi connectivity index (χ4v) is 4.67. The molecule has 0 amide bonds. The second kappa shape index (κ2) is 18.2. The second-order valence-corrected chi connectivity index (χ2v) is 12.4. The van der Waals surface area contributed by atoms with Crippen LogP contribution < -0.4 is 0 Å². The first-order valence-electron chi connectivity index (χ1n) is 12.2. The van der Waals surface area contributed by atoms with Gasteiger partial charge in [-0.05, 0) is 27.7 Å². The third-order valence-corrected chi connectivity index (χ3v) is 7.50. The zero-order chi connectivity index (χ0) is 29.8. The molecule has 3 heterocycles. The summed E-state index contributed by atoms with van der Waals surface area (Å²) in [5.41, 5.74) is 0. The summed E-state index contributed by atoms with van der Waals surface area (Å²) in [6.07, 6.45) is -6.25. The molecule has 16 heteroatoms. The molecule has 4 unspecified atom stereocenters. The quantitative estimate of drug-likeness (QED) is 0.186. The summed E-state index contributed by atoms with van der Waals surface area (Å²) in [6, 6.07) is 0. The average molecular weight is 597 g/mol. The molecule has 3 aliphatic heterocycles. The Kier molecular flexibility index (Phi) is 18.1. The molecule has 3 saturated heterocycles. The summed E-state index contributed by atoms with van der Waals surface area (Å²) in [5, 5.41) is 61.5. The molecule has 3 rings (SSSR count). The van der Waals surface area contributed by atoms with Gasteiger partial charge >= 0.3 is 15.6 Å². The number of hydrogen-bond acceptors (Lipinski definition) is 14. The summed E-state index contributed by atoms with van der Waals surface area (Å²) < 4.78 is 49.2. The molecule has 3 fully saturated rings. The van der Waals surface area contributed by atoms with Gasteiger partial charge in [0.2, 0.25) is 0 Å². The van der Waals surface area contributed by atoms with Gasteiger partial charge in [-0.1, -0.05) is 9.13 Å². The highest BCUT2D eigenvalue weighted by atomic mass is 31.1. The normalized spacial score (nSPS) is 35.3. The van der Waals surface area contributed by atoms with E-state index in [2.05, 4.69) is 0 Å². The largest absolute Gasteiger partial charge is 0.397 e. The van der Waals surface area contributed by atoms with E-state index in [0.717, 1.165) is 0 Å². The molecule has 38 heavy (non-hydrogen) atoms. The summed E-state index contributed by atoms with van der Waals surface area (Å²) in [4.78, 5) is 0. The lowest BCUT2D eigenvalue weighted by Gasteiger charge is -2.23. The zero-order valence-corrected chi connectivity index (χ0v) is 24.8. The Labute approximate surface area is 225 Å². The number of ether oxygens (including phenoxy) is 5. The van der Waals surface area contributed by atoms with Gasteiger partial charge in [0, 0.05) is 33.2 Å². The smallest absolute Gasteiger partial charge is 0.366 e. The van der Waals surface area contributed by atoms with E-state index < -0.39 is 64.0 Å². The van der Waals surface area contributed by atoms with Gasteiger partial charge in [0.05, 0.1) is 12.2 Å². The van der Waals surface area contributed by atoms with Crippen molar-refractivity contribution in [2.45, 2.75) is 107 Å². The topological polar surface area (TPSA) is 222 Å². The molecule has 0 aromatic rings. The van der Waals surface area contributed by atoms with Gasteiger partial charge in [0.15, 0.2) is 18.4 Å². The number of rotatable bonds is 7. The first kappa shape index (κ1) is 37.7. The predicted octanol–water partition coefficient (Wildman–Crippen LogP) is -0.368. The van der Waals surface area contributed by atoms with Crippen LogP contribution >= 0.6 is 15.6 Å². The molecule has 12 atom stereocenters. The fraction of sp³-hybridized carbons (Fsp3) is 1.00. The molecule has 0 radical (unpaired) electrons. The van der Waals surface area contributed by atoms with Crippen LogP contribution in [-0.2, 0) is 32.8 Å². The Balaban J connectivity index is 0.000000610. The van der Waals surface area contributed by atoms with Crippen LogP contribution in [0.2, 0.25) is 0 Å². The van der Waals surface area contributed by atoms with E-state index in [1.54, 1.807) is 13.8 Å².